The molecule has 2 aromatic heterocycles. The Morgan fingerprint density at radius 1 is 1.53 bits per heavy atom. The highest BCUT2D eigenvalue weighted by molar-refractivity contribution is 6.99. The number of aryl methyl sites for hydroxylation is 1. The summed E-state index contributed by atoms with van der Waals surface area (Å²) < 4.78 is 18.3. The fourth-order valence-electron chi connectivity index (χ4n) is 1.43. The summed E-state index contributed by atoms with van der Waals surface area (Å²) in [5.74, 6) is 1.80. The molecule has 0 radical (unpaired) electrons. The number of rotatable bonds is 7. The lowest BCUT2D eigenvalue weighted by molar-refractivity contribution is 0.101. The standard InChI is InChI=1S/C11H16N4O3S/c1-7-3-13-11(18-7)8(2)12-4-9(16)6-17-10-5-14-19-15-10/h3,5,8-9,12,16H,4,6H2,1-2H3. The van der Waals surface area contributed by atoms with Crippen molar-refractivity contribution in [1.82, 2.24) is 19.0 Å². The molecule has 2 aromatic rings. The van der Waals surface area contributed by atoms with E-state index in [1.54, 1.807) is 6.20 Å². The number of aromatic nitrogens is 3. The predicted molar refractivity (Wildman–Crippen MR) is 69.1 cm³/mol. The van der Waals surface area contributed by atoms with Gasteiger partial charge in [-0.15, -0.1) is 4.37 Å². The van der Waals surface area contributed by atoms with Crippen LogP contribution in [0, 0.1) is 6.92 Å². The van der Waals surface area contributed by atoms with Crippen molar-refractivity contribution in [2.75, 3.05) is 13.2 Å². The van der Waals surface area contributed by atoms with Crippen LogP contribution >= 0.6 is 11.7 Å². The SMILES string of the molecule is Cc1cnc(C(C)NCC(O)COc2cnsn2)o1. The highest BCUT2D eigenvalue weighted by atomic mass is 32.1. The average molecular weight is 284 g/mol. The average Bonchev–Trinajstić information content (AvgIpc) is 3.04. The van der Waals surface area contributed by atoms with E-state index in [1.165, 1.54) is 6.20 Å². The van der Waals surface area contributed by atoms with Gasteiger partial charge >= 0.3 is 0 Å². The third kappa shape index (κ3) is 4.27. The van der Waals surface area contributed by atoms with E-state index in [1.807, 2.05) is 13.8 Å². The van der Waals surface area contributed by atoms with Crippen LogP contribution in [-0.2, 0) is 0 Å². The second-order valence-corrected chi connectivity index (χ2v) is 4.71. The van der Waals surface area contributed by atoms with Gasteiger partial charge in [0.1, 0.15) is 24.7 Å². The van der Waals surface area contributed by atoms with Gasteiger partial charge in [-0.25, -0.2) is 4.98 Å². The van der Waals surface area contributed by atoms with E-state index in [4.69, 9.17) is 9.15 Å². The predicted octanol–water partition coefficient (Wildman–Crippen LogP) is 0.925. The smallest absolute Gasteiger partial charge is 0.245 e. The largest absolute Gasteiger partial charge is 0.473 e. The lowest BCUT2D eigenvalue weighted by Gasteiger charge is -2.14. The van der Waals surface area contributed by atoms with Gasteiger partial charge in [0.2, 0.25) is 11.8 Å². The first-order chi connectivity index (χ1) is 9.15. The van der Waals surface area contributed by atoms with Crippen LogP contribution in [0.3, 0.4) is 0 Å². The van der Waals surface area contributed by atoms with E-state index in [9.17, 15) is 5.11 Å². The van der Waals surface area contributed by atoms with Crippen LogP contribution in [0.2, 0.25) is 0 Å². The third-order valence-electron chi connectivity index (χ3n) is 2.43. The Hall–Kier alpha value is -1.51. The van der Waals surface area contributed by atoms with Gasteiger partial charge < -0.3 is 19.6 Å². The lowest BCUT2D eigenvalue weighted by atomic mass is 10.3. The quantitative estimate of drug-likeness (QED) is 0.781. The first-order valence-electron chi connectivity index (χ1n) is 5.89. The fourth-order valence-corrected chi connectivity index (χ4v) is 1.80. The van der Waals surface area contributed by atoms with Crippen LogP contribution in [0.25, 0.3) is 0 Å². The van der Waals surface area contributed by atoms with Gasteiger partial charge in [-0.05, 0) is 13.8 Å². The normalized spacial score (nSPS) is 14.3. The van der Waals surface area contributed by atoms with E-state index in [2.05, 4.69) is 19.0 Å². The van der Waals surface area contributed by atoms with Gasteiger partial charge in [-0.1, -0.05) is 0 Å². The molecule has 2 unspecified atom stereocenters. The van der Waals surface area contributed by atoms with Crippen molar-refractivity contribution in [1.29, 1.82) is 0 Å². The molecule has 2 N–H and O–H groups in total. The summed E-state index contributed by atoms with van der Waals surface area (Å²) in [5, 5.41) is 12.9. The number of aliphatic hydroxyl groups excluding tert-OH is 1. The molecule has 0 aliphatic rings. The Morgan fingerprint density at radius 3 is 3.00 bits per heavy atom. The van der Waals surface area contributed by atoms with Crippen molar-refractivity contribution in [2.45, 2.75) is 26.0 Å². The molecule has 0 aromatic carbocycles. The minimum Gasteiger partial charge on any atom is -0.473 e. The number of aliphatic hydroxyl groups is 1. The van der Waals surface area contributed by atoms with Gasteiger partial charge in [-0.2, -0.15) is 4.37 Å². The first kappa shape index (κ1) is 13.9. The molecule has 8 heteroatoms. The van der Waals surface area contributed by atoms with Crippen molar-refractivity contribution in [3.05, 3.63) is 24.0 Å². The van der Waals surface area contributed by atoms with Crippen molar-refractivity contribution < 1.29 is 14.3 Å². The van der Waals surface area contributed by atoms with Crippen molar-refractivity contribution in [2.24, 2.45) is 0 Å². The monoisotopic (exact) mass is 284 g/mol. The molecule has 0 fully saturated rings. The maximum absolute atomic E-state index is 9.77. The first-order valence-corrected chi connectivity index (χ1v) is 6.62. The van der Waals surface area contributed by atoms with E-state index >= 15 is 0 Å². The molecular formula is C11H16N4O3S. The number of hydrogen-bond acceptors (Lipinski definition) is 8. The highest BCUT2D eigenvalue weighted by Gasteiger charge is 2.13. The number of ether oxygens (including phenoxy) is 1. The highest BCUT2D eigenvalue weighted by Crippen LogP contribution is 2.11. The molecular weight excluding hydrogens is 268 g/mol. The van der Waals surface area contributed by atoms with Crippen molar-refractivity contribution >= 4 is 11.7 Å². The summed E-state index contributed by atoms with van der Waals surface area (Å²) in [6.45, 7) is 4.30. The molecule has 0 saturated carbocycles. The fraction of sp³-hybridized carbons (Fsp3) is 0.545. The Labute approximate surface area is 115 Å². The van der Waals surface area contributed by atoms with Crippen LogP contribution in [0.5, 0.6) is 5.88 Å². The molecule has 0 aliphatic carbocycles. The second kappa shape index (κ2) is 6.60. The lowest BCUT2D eigenvalue weighted by Crippen LogP contribution is -2.33. The minimum absolute atomic E-state index is 0.0655. The van der Waals surface area contributed by atoms with E-state index < -0.39 is 6.10 Å². The van der Waals surface area contributed by atoms with E-state index in [0.29, 0.717) is 18.3 Å². The van der Waals surface area contributed by atoms with Crippen molar-refractivity contribution in [3.8, 4) is 5.88 Å². The van der Waals surface area contributed by atoms with Crippen LogP contribution in [-0.4, -0.2) is 38.1 Å². The zero-order valence-corrected chi connectivity index (χ0v) is 11.6. The van der Waals surface area contributed by atoms with Crippen LogP contribution < -0.4 is 10.1 Å². The van der Waals surface area contributed by atoms with E-state index in [0.717, 1.165) is 17.5 Å². The van der Waals surface area contributed by atoms with E-state index in [-0.39, 0.29) is 12.6 Å². The van der Waals surface area contributed by atoms with Gasteiger partial charge in [0.05, 0.1) is 24.0 Å². The molecule has 0 saturated heterocycles. The molecule has 19 heavy (non-hydrogen) atoms. The van der Waals surface area contributed by atoms with Crippen LogP contribution in [0.1, 0.15) is 24.6 Å². The third-order valence-corrected chi connectivity index (χ3v) is 2.90. The Bertz CT molecular complexity index is 488. The summed E-state index contributed by atoms with van der Waals surface area (Å²) in [7, 11) is 0. The molecule has 0 bridgehead atoms. The summed E-state index contributed by atoms with van der Waals surface area (Å²) in [5.41, 5.74) is 0. The Morgan fingerprint density at radius 2 is 2.37 bits per heavy atom. The molecule has 104 valence electrons. The summed E-state index contributed by atoms with van der Waals surface area (Å²) in [6, 6.07) is -0.0655. The Balaban J connectivity index is 1.69. The number of hydrogen-bond donors (Lipinski definition) is 2. The maximum Gasteiger partial charge on any atom is 0.245 e. The second-order valence-electron chi connectivity index (χ2n) is 4.15. The van der Waals surface area contributed by atoms with Gasteiger partial charge in [0.15, 0.2) is 0 Å². The zero-order chi connectivity index (χ0) is 13.7. The molecule has 0 amide bonds. The number of oxazole rings is 1. The Kier molecular flexibility index (Phi) is 4.83. The van der Waals surface area contributed by atoms with Crippen LogP contribution in [0.4, 0.5) is 0 Å². The molecule has 2 rings (SSSR count). The molecule has 2 heterocycles. The molecule has 7 nitrogen and oxygen atoms in total. The molecule has 2 atom stereocenters. The number of nitrogens with zero attached hydrogens (tertiary/aromatic N) is 3. The summed E-state index contributed by atoms with van der Waals surface area (Å²) in [6.07, 6.45) is 2.55. The maximum atomic E-state index is 9.77. The minimum atomic E-state index is -0.639. The zero-order valence-electron chi connectivity index (χ0n) is 10.7. The van der Waals surface area contributed by atoms with Gasteiger partial charge in [-0.3, -0.25) is 0 Å². The molecule has 0 spiro atoms. The van der Waals surface area contributed by atoms with Gasteiger partial charge in [0.25, 0.3) is 0 Å². The summed E-state index contributed by atoms with van der Waals surface area (Å²) >= 11 is 1.07. The molecule has 0 aliphatic heterocycles. The van der Waals surface area contributed by atoms with Crippen molar-refractivity contribution in [3.63, 3.8) is 0 Å². The topological polar surface area (TPSA) is 93.3 Å². The van der Waals surface area contributed by atoms with Crippen LogP contribution in [0.15, 0.2) is 16.8 Å². The number of nitrogens with one attached hydrogen (secondary N) is 1. The summed E-state index contributed by atoms with van der Waals surface area (Å²) in [4.78, 5) is 4.12. The van der Waals surface area contributed by atoms with Gasteiger partial charge in [0, 0.05) is 6.54 Å².